The molecule has 1 aromatic rings. The fourth-order valence-corrected chi connectivity index (χ4v) is 4.70. The van der Waals surface area contributed by atoms with Gasteiger partial charge in [-0.05, 0) is 56.4 Å². The first-order valence-electron chi connectivity index (χ1n) is 9.35. The molecular formula is C21H26O4. The smallest absolute Gasteiger partial charge is 0.129 e. The highest BCUT2D eigenvalue weighted by molar-refractivity contribution is 5.50. The van der Waals surface area contributed by atoms with Crippen molar-refractivity contribution in [1.82, 2.24) is 0 Å². The summed E-state index contributed by atoms with van der Waals surface area (Å²) in [6.45, 7) is 3.06. The molecule has 1 fully saturated rings. The Labute approximate surface area is 148 Å². The third kappa shape index (κ3) is 3.04. The van der Waals surface area contributed by atoms with Crippen LogP contribution in [0.25, 0.3) is 0 Å². The van der Waals surface area contributed by atoms with Crippen LogP contribution >= 0.6 is 0 Å². The maximum atomic E-state index is 10.2. The van der Waals surface area contributed by atoms with Gasteiger partial charge in [0.25, 0.3) is 0 Å². The van der Waals surface area contributed by atoms with Crippen molar-refractivity contribution in [2.45, 2.75) is 51.2 Å². The molecule has 4 nitrogen and oxygen atoms in total. The zero-order chi connectivity index (χ0) is 17.4. The average Bonchev–Trinajstić information content (AvgIpc) is 3.10. The summed E-state index contributed by atoms with van der Waals surface area (Å²) in [4.78, 5) is 0. The van der Waals surface area contributed by atoms with Crippen molar-refractivity contribution < 1.29 is 19.7 Å². The van der Waals surface area contributed by atoms with Crippen molar-refractivity contribution >= 4 is 0 Å². The number of aromatic hydroxyl groups is 1. The minimum atomic E-state index is 0.116. The van der Waals surface area contributed by atoms with E-state index in [0.29, 0.717) is 36.6 Å². The Kier molecular flexibility index (Phi) is 4.46. The second-order valence-corrected chi connectivity index (χ2v) is 7.33. The molecule has 0 saturated heterocycles. The molecule has 1 heterocycles. The lowest BCUT2D eigenvalue weighted by Gasteiger charge is -2.40. The fourth-order valence-electron chi connectivity index (χ4n) is 4.70. The first-order valence-corrected chi connectivity index (χ1v) is 9.35. The number of benzene rings is 1. The van der Waals surface area contributed by atoms with Gasteiger partial charge < -0.3 is 19.7 Å². The summed E-state index contributed by atoms with van der Waals surface area (Å²) in [6.07, 6.45) is 10.2. The fraction of sp³-hybridized carbons (Fsp3) is 0.524. The number of ether oxygens (including phenoxy) is 2. The van der Waals surface area contributed by atoms with Crippen LogP contribution in [-0.2, 0) is 11.3 Å². The van der Waals surface area contributed by atoms with Crippen molar-refractivity contribution in [2.24, 2.45) is 11.8 Å². The number of hydrogen-bond acceptors (Lipinski definition) is 4. The molecule has 0 spiro atoms. The molecule has 0 radical (unpaired) electrons. The molecule has 0 amide bonds. The normalized spacial score (nSPS) is 30.4. The molecule has 134 valence electrons. The minimum absolute atomic E-state index is 0.116. The number of aliphatic hydroxyl groups is 1. The van der Waals surface area contributed by atoms with E-state index < -0.39 is 0 Å². The summed E-state index contributed by atoms with van der Waals surface area (Å²) < 4.78 is 12.1. The van der Waals surface area contributed by atoms with Crippen LogP contribution in [0.1, 0.15) is 49.7 Å². The first-order chi connectivity index (χ1) is 12.2. The van der Waals surface area contributed by atoms with Crippen LogP contribution in [-0.4, -0.2) is 22.9 Å². The first kappa shape index (κ1) is 16.5. The Balaban J connectivity index is 1.70. The standard InChI is InChI=1S/C21H26O4/c1-2-24-12-14-10-16(23)11-19-17-4-3-5-18(17)20(25-21(14)19)13-6-8-15(22)9-7-13/h6,8-11,13,17-18,20,22-23H,2-5,7,12H2,1H3/t13?,17-,18+,20+/m1/s1. The lowest BCUT2D eigenvalue weighted by atomic mass is 9.76. The largest absolute Gasteiger partial charge is 0.508 e. The van der Waals surface area contributed by atoms with Crippen molar-refractivity contribution in [1.29, 1.82) is 0 Å². The number of phenolic OH excluding ortho intramolecular Hbond substituents is 1. The molecule has 2 N–H and O–H groups in total. The van der Waals surface area contributed by atoms with Crippen LogP contribution in [0, 0.1) is 11.8 Å². The van der Waals surface area contributed by atoms with Gasteiger partial charge in [-0.2, -0.15) is 0 Å². The van der Waals surface area contributed by atoms with Crippen molar-refractivity contribution in [3.8, 4) is 11.5 Å². The predicted molar refractivity (Wildman–Crippen MR) is 95.9 cm³/mol. The third-order valence-corrected chi connectivity index (χ3v) is 5.82. The highest BCUT2D eigenvalue weighted by Gasteiger charge is 2.44. The highest BCUT2D eigenvalue weighted by atomic mass is 16.5. The number of hydrogen-bond donors (Lipinski definition) is 2. The summed E-state index contributed by atoms with van der Waals surface area (Å²) in [7, 11) is 0. The van der Waals surface area contributed by atoms with E-state index in [0.717, 1.165) is 36.1 Å². The molecule has 1 unspecified atom stereocenters. The molecule has 0 bridgehead atoms. The van der Waals surface area contributed by atoms with Gasteiger partial charge in [-0.25, -0.2) is 0 Å². The topological polar surface area (TPSA) is 58.9 Å². The predicted octanol–water partition coefficient (Wildman–Crippen LogP) is 4.59. The maximum absolute atomic E-state index is 10.2. The van der Waals surface area contributed by atoms with Gasteiger partial charge in [0.2, 0.25) is 0 Å². The molecule has 1 aliphatic heterocycles. The molecule has 4 rings (SSSR count). The van der Waals surface area contributed by atoms with Crippen molar-refractivity contribution in [2.75, 3.05) is 6.61 Å². The quantitative estimate of drug-likeness (QED) is 0.840. The van der Waals surface area contributed by atoms with Crippen LogP contribution < -0.4 is 4.74 Å². The van der Waals surface area contributed by atoms with E-state index >= 15 is 0 Å². The summed E-state index contributed by atoms with van der Waals surface area (Å²) in [5.74, 6) is 2.74. The second kappa shape index (κ2) is 6.75. The summed E-state index contributed by atoms with van der Waals surface area (Å²) in [6, 6.07) is 3.65. The second-order valence-electron chi connectivity index (χ2n) is 7.33. The van der Waals surface area contributed by atoms with Crippen LogP contribution in [0.15, 0.2) is 36.1 Å². The monoisotopic (exact) mass is 342 g/mol. The van der Waals surface area contributed by atoms with E-state index in [1.54, 1.807) is 12.1 Å². The molecular weight excluding hydrogens is 316 g/mol. The van der Waals surface area contributed by atoms with E-state index in [4.69, 9.17) is 9.47 Å². The van der Waals surface area contributed by atoms with Gasteiger partial charge in [-0.15, -0.1) is 0 Å². The van der Waals surface area contributed by atoms with Crippen LogP contribution in [0.5, 0.6) is 11.5 Å². The van der Waals surface area contributed by atoms with Gasteiger partial charge in [0.1, 0.15) is 23.4 Å². The lowest BCUT2D eigenvalue weighted by Crippen LogP contribution is -2.39. The minimum Gasteiger partial charge on any atom is -0.508 e. The molecule has 1 aromatic carbocycles. The Hall–Kier alpha value is -1.94. The van der Waals surface area contributed by atoms with Crippen LogP contribution in [0.4, 0.5) is 0 Å². The van der Waals surface area contributed by atoms with E-state index in [2.05, 4.69) is 6.08 Å². The van der Waals surface area contributed by atoms with Crippen LogP contribution in [0.3, 0.4) is 0 Å². The number of aliphatic hydroxyl groups excluding tert-OH is 1. The van der Waals surface area contributed by atoms with Crippen LogP contribution in [0.2, 0.25) is 0 Å². The van der Waals surface area contributed by atoms with Gasteiger partial charge in [-0.3, -0.25) is 0 Å². The molecule has 25 heavy (non-hydrogen) atoms. The van der Waals surface area contributed by atoms with E-state index in [1.165, 1.54) is 6.42 Å². The molecule has 0 aromatic heterocycles. The Morgan fingerprint density at radius 1 is 1.24 bits per heavy atom. The third-order valence-electron chi connectivity index (χ3n) is 5.82. The Morgan fingerprint density at radius 2 is 2.12 bits per heavy atom. The molecule has 4 atom stereocenters. The summed E-state index contributed by atoms with van der Waals surface area (Å²) in [5.41, 5.74) is 2.08. The molecule has 1 saturated carbocycles. The van der Waals surface area contributed by atoms with E-state index in [1.807, 2.05) is 19.1 Å². The van der Waals surface area contributed by atoms with Crippen molar-refractivity contribution in [3.05, 3.63) is 47.2 Å². The molecule has 3 aliphatic rings. The van der Waals surface area contributed by atoms with E-state index in [-0.39, 0.29) is 12.0 Å². The molecule has 2 aliphatic carbocycles. The zero-order valence-electron chi connectivity index (χ0n) is 14.6. The number of allylic oxidation sites excluding steroid dienone is 2. The summed E-state index contributed by atoms with van der Waals surface area (Å²) >= 11 is 0. The number of fused-ring (bicyclic) bond motifs is 3. The van der Waals surface area contributed by atoms with Gasteiger partial charge in [0.15, 0.2) is 0 Å². The van der Waals surface area contributed by atoms with Gasteiger partial charge >= 0.3 is 0 Å². The van der Waals surface area contributed by atoms with Gasteiger partial charge in [0, 0.05) is 29.6 Å². The SMILES string of the molecule is CCOCc1cc(O)cc2c1O[C@@H](C1C=CC(O)=CC1)[C@H]1CCC[C@@H]21. The van der Waals surface area contributed by atoms with E-state index in [9.17, 15) is 10.2 Å². The summed E-state index contributed by atoms with van der Waals surface area (Å²) in [5, 5.41) is 19.8. The number of rotatable bonds is 4. The lowest BCUT2D eigenvalue weighted by molar-refractivity contribution is 0.0615. The highest BCUT2D eigenvalue weighted by Crippen LogP contribution is 2.53. The Bertz CT molecular complexity index is 706. The maximum Gasteiger partial charge on any atom is 0.129 e. The van der Waals surface area contributed by atoms with Crippen molar-refractivity contribution in [3.63, 3.8) is 0 Å². The zero-order valence-corrected chi connectivity index (χ0v) is 14.6. The Morgan fingerprint density at radius 3 is 2.88 bits per heavy atom. The number of phenols is 1. The average molecular weight is 342 g/mol. The molecule has 4 heteroatoms. The van der Waals surface area contributed by atoms with Gasteiger partial charge in [-0.1, -0.05) is 12.5 Å². The van der Waals surface area contributed by atoms with Gasteiger partial charge in [0.05, 0.1) is 6.61 Å².